The standard InChI is InChI=1S/C14H18FNO2S/c15-12-3-1-10(2-4-12)8-19-9-14(18)16-7-11-5-13(17)6-11/h1-4,11,13,17H,5-9H2,(H,16,18). The van der Waals surface area contributed by atoms with E-state index in [-0.39, 0.29) is 17.8 Å². The number of halogens is 1. The maximum atomic E-state index is 12.7. The zero-order valence-electron chi connectivity index (χ0n) is 10.6. The third-order valence-corrected chi connectivity index (χ3v) is 4.22. The van der Waals surface area contributed by atoms with Crippen LogP contribution in [0.4, 0.5) is 4.39 Å². The van der Waals surface area contributed by atoms with Crippen LogP contribution < -0.4 is 5.32 Å². The van der Waals surface area contributed by atoms with Gasteiger partial charge >= 0.3 is 0 Å². The second-order valence-electron chi connectivity index (χ2n) is 4.91. The summed E-state index contributed by atoms with van der Waals surface area (Å²) >= 11 is 1.51. The van der Waals surface area contributed by atoms with Crippen molar-refractivity contribution in [1.82, 2.24) is 5.32 Å². The van der Waals surface area contributed by atoms with Gasteiger partial charge in [0.05, 0.1) is 11.9 Å². The van der Waals surface area contributed by atoms with E-state index < -0.39 is 0 Å². The van der Waals surface area contributed by atoms with E-state index in [0.717, 1.165) is 18.4 Å². The van der Waals surface area contributed by atoms with E-state index in [1.807, 2.05) is 0 Å². The molecule has 0 atom stereocenters. The largest absolute Gasteiger partial charge is 0.393 e. The minimum absolute atomic E-state index is 0.0218. The van der Waals surface area contributed by atoms with Crippen molar-refractivity contribution >= 4 is 17.7 Å². The SMILES string of the molecule is O=C(CSCc1ccc(F)cc1)NCC1CC(O)C1. The van der Waals surface area contributed by atoms with Gasteiger partial charge in [-0.25, -0.2) is 4.39 Å². The highest BCUT2D eigenvalue weighted by Crippen LogP contribution is 2.26. The van der Waals surface area contributed by atoms with Crippen LogP contribution in [0.25, 0.3) is 0 Å². The molecule has 2 N–H and O–H groups in total. The van der Waals surface area contributed by atoms with Gasteiger partial charge in [-0.1, -0.05) is 12.1 Å². The first-order chi connectivity index (χ1) is 9.13. The average Bonchev–Trinajstić information content (AvgIpc) is 2.36. The molecule has 0 unspecified atom stereocenters. The van der Waals surface area contributed by atoms with Gasteiger partial charge in [0.25, 0.3) is 0 Å². The van der Waals surface area contributed by atoms with Crippen LogP contribution in [-0.4, -0.2) is 29.4 Å². The van der Waals surface area contributed by atoms with Crippen molar-refractivity contribution < 1.29 is 14.3 Å². The van der Waals surface area contributed by atoms with Crippen LogP contribution in [0.5, 0.6) is 0 Å². The molecule has 0 radical (unpaired) electrons. The van der Waals surface area contributed by atoms with Crippen molar-refractivity contribution in [3.05, 3.63) is 35.6 Å². The van der Waals surface area contributed by atoms with Crippen molar-refractivity contribution in [2.45, 2.75) is 24.7 Å². The Kier molecular flexibility index (Phi) is 5.22. The van der Waals surface area contributed by atoms with Gasteiger partial charge in [-0.2, -0.15) is 0 Å². The summed E-state index contributed by atoms with van der Waals surface area (Å²) < 4.78 is 12.7. The first-order valence-electron chi connectivity index (χ1n) is 6.40. The maximum absolute atomic E-state index is 12.7. The Balaban J connectivity index is 1.57. The van der Waals surface area contributed by atoms with E-state index in [1.54, 1.807) is 12.1 Å². The van der Waals surface area contributed by atoms with Crippen LogP contribution >= 0.6 is 11.8 Å². The minimum Gasteiger partial charge on any atom is -0.393 e. The molecule has 1 aliphatic rings. The Bertz CT molecular complexity index is 418. The Morgan fingerprint density at radius 2 is 2.05 bits per heavy atom. The lowest BCUT2D eigenvalue weighted by atomic mass is 9.82. The fourth-order valence-corrected chi connectivity index (χ4v) is 2.84. The number of hydrogen-bond donors (Lipinski definition) is 2. The summed E-state index contributed by atoms with van der Waals surface area (Å²) in [5.41, 5.74) is 1.02. The molecule has 2 rings (SSSR count). The van der Waals surface area contributed by atoms with E-state index in [2.05, 4.69) is 5.32 Å². The van der Waals surface area contributed by atoms with E-state index >= 15 is 0 Å². The van der Waals surface area contributed by atoms with Gasteiger partial charge in [0.1, 0.15) is 5.82 Å². The monoisotopic (exact) mass is 283 g/mol. The number of rotatable bonds is 6. The van der Waals surface area contributed by atoms with Crippen LogP contribution in [0.1, 0.15) is 18.4 Å². The van der Waals surface area contributed by atoms with Gasteiger partial charge in [0.15, 0.2) is 0 Å². The summed E-state index contributed by atoms with van der Waals surface area (Å²) in [5, 5.41) is 12.0. The molecule has 1 aromatic rings. The highest BCUT2D eigenvalue weighted by molar-refractivity contribution is 7.99. The van der Waals surface area contributed by atoms with E-state index in [0.29, 0.717) is 24.0 Å². The van der Waals surface area contributed by atoms with E-state index in [9.17, 15) is 9.18 Å². The van der Waals surface area contributed by atoms with Gasteiger partial charge in [-0.3, -0.25) is 4.79 Å². The van der Waals surface area contributed by atoms with Gasteiger partial charge in [0, 0.05) is 12.3 Å². The summed E-state index contributed by atoms with van der Waals surface area (Å²) in [6, 6.07) is 6.32. The molecule has 1 aliphatic carbocycles. The molecule has 3 nitrogen and oxygen atoms in total. The second-order valence-corrected chi connectivity index (χ2v) is 5.90. The molecular weight excluding hydrogens is 265 g/mol. The highest BCUT2D eigenvalue weighted by Gasteiger charge is 2.26. The third-order valence-electron chi connectivity index (χ3n) is 3.21. The average molecular weight is 283 g/mol. The van der Waals surface area contributed by atoms with Gasteiger partial charge in [-0.15, -0.1) is 11.8 Å². The summed E-state index contributed by atoms with van der Waals surface area (Å²) in [7, 11) is 0. The molecule has 0 aromatic heterocycles. The van der Waals surface area contributed by atoms with Gasteiger partial charge in [0.2, 0.25) is 5.91 Å². The number of aliphatic hydroxyl groups is 1. The maximum Gasteiger partial charge on any atom is 0.230 e. The molecule has 19 heavy (non-hydrogen) atoms. The molecule has 1 amide bonds. The van der Waals surface area contributed by atoms with Gasteiger partial charge < -0.3 is 10.4 Å². The summed E-state index contributed by atoms with van der Waals surface area (Å²) in [6.07, 6.45) is 1.42. The molecule has 5 heteroatoms. The molecule has 0 aliphatic heterocycles. The number of aliphatic hydroxyl groups excluding tert-OH is 1. The number of benzene rings is 1. The number of amides is 1. The Morgan fingerprint density at radius 3 is 2.68 bits per heavy atom. The van der Waals surface area contributed by atoms with Crippen LogP contribution in [0.15, 0.2) is 24.3 Å². The van der Waals surface area contributed by atoms with Crippen molar-refractivity contribution in [2.75, 3.05) is 12.3 Å². The first-order valence-corrected chi connectivity index (χ1v) is 7.56. The molecule has 0 saturated heterocycles. The number of hydrogen-bond acceptors (Lipinski definition) is 3. The molecule has 1 aromatic carbocycles. The molecule has 0 heterocycles. The highest BCUT2D eigenvalue weighted by atomic mass is 32.2. The lowest BCUT2D eigenvalue weighted by Gasteiger charge is -2.31. The van der Waals surface area contributed by atoms with Crippen LogP contribution in [0, 0.1) is 11.7 Å². The zero-order valence-corrected chi connectivity index (χ0v) is 11.5. The smallest absolute Gasteiger partial charge is 0.230 e. The third kappa shape index (κ3) is 4.84. The fraction of sp³-hybridized carbons (Fsp3) is 0.500. The Morgan fingerprint density at radius 1 is 1.37 bits per heavy atom. The number of nitrogens with one attached hydrogen (secondary N) is 1. The molecule has 104 valence electrons. The van der Waals surface area contributed by atoms with E-state index in [4.69, 9.17) is 5.11 Å². The summed E-state index contributed by atoms with van der Waals surface area (Å²) in [4.78, 5) is 11.6. The van der Waals surface area contributed by atoms with Gasteiger partial charge in [-0.05, 0) is 36.5 Å². The van der Waals surface area contributed by atoms with E-state index in [1.165, 1.54) is 23.9 Å². The Labute approximate surface area is 116 Å². The lowest BCUT2D eigenvalue weighted by molar-refractivity contribution is -0.119. The van der Waals surface area contributed by atoms with Crippen molar-refractivity contribution in [1.29, 1.82) is 0 Å². The number of carbonyl (C=O) groups is 1. The van der Waals surface area contributed by atoms with Crippen LogP contribution in [0.2, 0.25) is 0 Å². The first kappa shape index (κ1) is 14.3. The molecular formula is C14H18FNO2S. The molecule has 0 bridgehead atoms. The normalized spacial score (nSPS) is 21.8. The quantitative estimate of drug-likeness (QED) is 0.839. The zero-order chi connectivity index (χ0) is 13.7. The summed E-state index contributed by atoms with van der Waals surface area (Å²) in [6.45, 7) is 0.660. The second kappa shape index (κ2) is 6.91. The van der Waals surface area contributed by atoms with Crippen molar-refractivity contribution in [3.63, 3.8) is 0 Å². The number of carbonyl (C=O) groups excluding carboxylic acids is 1. The number of thioether (sulfide) groups is 1. The predicted octanol–water partition coefficient (Wildman–Crippen LogP) is 1.95. The minimum atomic E-state index is -0.242. The molecule has 0 spiro atoms. The Hall–Kier alpha value is -1.07. The predicted molar refractivity (Wildman–Crippen MR) is 74.3 cm³/mol. The van der Waals surface area contributed by atoms with Crippen molar-refractivity contribution in [2.24, 2.45) is 5.92 Å². The lowest BCUT2D eigenvalue weighted by Crippen LogP contribution is -2.39. The van der Waals surface area contributed by atoms with Crippen LogP contribution in [0.3, 0.4) is 0 Å². The topological polar surface area (TPSA) is 49.3 Å². The molecule has 1 saturated carbocycles. The van der Waals surface area contributed by atoms with Crippen molar-refractivity contribution in [3.8, 4) is 0 Å². The van der Waals surface area contributed by atoms with Crippen LogP contribution in [-0.2, 0) is 10.5 Å². The fourth-order valence-electron chi connectivity index (χ4n) is 2.02. The molecule has 1 fully saturated rings. The summed E-state index contributed by atoms with van der Waals surface area (Å²) in [5.74, 6) is 1.33.